The third-order valence-corrected chi connectivity index (χ3v) is 8.32. The fourth-order valence-corrected chi connectivity index (χ4v) is 6.59. The summed E-state index contributed by atoms with van der Waals surface area (Å²) in [6.45, 7) is 3.71. The number of thiazole rings is 1. The Morgan fingerprint density at radius 1 is 1.03 bits per heavy atom. The van der Waals surface area contributed by atoms with Crippen molar-refractivity contribution in [1.82, 2.24) is 4.57 Å². The standard InChI is InChI=1S/C27H20N4O3S2/c1-14-8-3-5-10-17(14)29-24(32)20-15(2)28-27-31(22(20)19-12-7-13-35-19)26(34)23(36-27)21-16-9-4-6-11-18(16)30-25(21)33/h3-13,22H,1-2H3,(H,29,32)(H,30,33). The van der Waals surface area contributed by atoms with Gasteiger partial charge in [0.1, 0.15) is 10.6 Å². The predicted octanol–water partition coefficient (Wildman–Crippen LogP) is 3.57. The second-order valence-electron chi connectivity index (χ2n) is 8.56. The zero-order valence-corrected chi connectivity index (χ0v) is 21.0. The lowest BCUT2D eigenvalue weighted by Gasteiger charge is -2.24. The molecule has 1 atom stereocenters. The van der Waals surface area contributed by atoms with E-state index in [4.69, 9.17) is 0 Å². The number of carbonyl (C=O) groups excluding carboxylic acids is 2. The highest BCUT2D eigenvalue weighted by atomic mass is 32.1. The summed E-state index contributed by atoms with van der Waals surface area (Å²) >= 11 is 2.64. The van der Waals surface area contributed by atoms with E-state index in [1.807, 2.05) is 73.0 Å². The Morgan fingerprint density at radius 2 is 1.81 bits per heavy atom. The second-order valence-corrected chi connectivity index (χ2v) is 10.5. The van der Waals surface area contributed by atoms with Gasteiger partial charge in [-0.2, -0.15) is 0 Å². The molecule has 7 nitrogen and oxygen atoms in total. The van der Waals surface area contributed by atoms with Gasteiger partial charge < -0.3 is 10.6 Å². The number of nitrogens with zero attached hydrogens (tertiary/aromatic N) is 2. The maximum atomic E-state index is 13.9. The van der Waals surface area contributed by atoms with E-state index < -0.39 is 6.04 Å². The lowest BCUT2D eigenvalue weighted by atomic mass is 10.0. The van der Waals surface area contributed by atoms with E-state index >= 15 is 0 Å². The van der Waals surface area contributed by atoms with Crippen molar-refractivity contribution in [2.45, 2.75) is 19.9 Å². The quantitative estimate of drug-likeness (QED) is 0.440. The minimum atomic E-state index is -0.653. The van der Waals surface area contributed by atoms with Crippen molar-refractivity contribution >= 4 is 51.4 Å². The molecule has 0 aliphatic carbocycles. The van der Waals surface area contributed by atoms with Crippen molar-refractivity contribution in [3.63, 3.8) is 0 Å². The number of nitrogens with one attached hydrogen (secondary N) is 2. The normalized spacial score (nSPS) is 17.8. The molecule has 0 bridgehead atoms. The van der Waals surface area contributed by atoms with Crippen molar-refractivity contribution in [3.8, 4) is 0 Å². The molecule has 2 amide bonds. The van der Waals surface area contributed by atoms with Crippen LogP contribution in [-0.4, -0.2) is 16.4 Å². The molecule has 2 aromatic carbocycles. The number of hydrogen-bond donors (Lipinski definition) is 2. The summed E-state index contributed by atoms with van der Waals surface area (Å²) in [5.74, 6) is -0.631. The number of rotatable bonds is 3. The van der Waals surface area contributed by atoms with E-state index in [0.29, 0.717) is 43.1 Å². The van der Waals surface area contributed by atoms with Crippen LogP contribution in [0.15, 0.2) is 87.1 Å². The number of carbonyl (C=O) groups is 2. The molecule has 0 radical (unpaired) electrons. The predicted molar refractivity (Wildman–Crippen MR) is 142 cm³/mol. The van der Waals surface area contributed by atoms with Gasteiger partial charge >= 0.3 is 0 Å². The third kappa shape index (κ3) is 3.47. The number of amides is 2. The van der Waals surface area contributed by atoms with Crippen molar-refractivity contribution in [3.05, 3.63) is 113 Å². The van der Waals surface area contributed by atoms with Crippen LogP contribution in [0.3, 0.4) is 0 Å². The van der Waals surface area contributed by atoms with Gasteiger partial charge in [0.05, 0.1) is 16.8 Å². The molecule has 0 fully saturated rings. The molecule has 1 unspecified atom stereocenters. The Bertz CT molecular complexity index is 1780. The van der Waals surface area contributed by atoms with Gasteiger partial charge in [0, 0.05) is 21.8 Å². The fourth-order valence-electron chi connectivity index (χ4n) is 4.62. The van der Waals surface area contributed by atoms with Gasteiger partial charge in [-0.25, -0.2) is 4.99 Å². The van der Waals surface area contributed by atoms with Crippen molar-refractivity contribution in [2.75, 3.05) is 10.6 Å². The lowest BCUT2D eigenvalue weighted by molar-refractivity contribution is -0.113. The molecule has 0 saturated carbocycles. The van der Waals surface area contributed by atoms with Crippen LogP contribution < -0.4 is 25.5 Å². The van der Waals surface area contributed by atoms with Gasteiger partial charge in [-0.05, 0) is 43.0 Å². The van der Waals surface area contributed by atoms with E-state index in [1.165, 1.54) is 22.7 Å². The topological polar surface area (TPSA) is 92.6 Å². The van der Waals surface area contributed by atoms with Crippen LogP contribution in [0.2, 0.25) is 0 Å². The number of fused-ring (bicyclic) bond motifs is 2. The number of thiophene rings is 1. The van der Waals surface area contributed by atoms with Crippen LogP contribution in [0.5, 0.6) is 0 Å². The molecule has 2 aromatic heterocycles. The zero-order valence-electron chi connectivity index (χ0n) is 19.4. The van der Waals surface area contributed by atoms with E-state index in [-0.39, 0.29) is 17.4 Å². The maximum absolute atomic E-state index is 13.9. The summed E-state index contributed by atoms with van der Waals surface area (Å²) in [6.07, 6.45) is 0. The molecule has 2 N–H and O–H groups in total. The summed E-state index contributed by atoms with van der Waals surface area (Å²) in [5.41, 5.74) is 3.93. The van der Waals surface area contributed by atoms with Gasteiger partial charge in [0.15, 0.2) is 4.80 Å². The van der Waals surface area contributed by atoms with Gasteiger partial charge in [0.2, 0.25) is 0 Å². The van der Waals surface area contributed by atoms with Crippen molar-refractivity contribution in [2.24, 2.45) is 4.99 Å². The maximum Gasteiger partial charge on any atom is 0.272 e. The Morgan fingerprint density at radius 3 is 2.58 bits per heavy atom. The summed E-state index contributed by atoms with van der Waals surface area (Å²) in [7, 11) is 0. The summed E-state index contributed by atoms with van der Waals surface area (Å²) in [5, 5.41) is 7.76. The summed E-state index contributed by atoms with van der Waals surface area (Å²) in [4.78, 5) is 46.4. The molecule has 0 spiro atoms. The first-order valence-electron chi connectivity index (χ1n) is 11.3. The highest BCUT2D eigenvalue weighted by Gasteiger charge is 2.35. The molecular formula is C27H20N4O3S2. The van der Waals surface area contributed by atoms with Crippen molar-refractivity contribution in [1.29, 1.82) is 0 Å². The number of benzene rings is 2. The number of para-hydroxylation sites is 2. The van der Waals surface area contributed by atoms with Gasteiger partial charge in [-0.1, -0.05) is 53.8 Å². The Balaban J connectivity index is 1.56. The van der Waals surface area contributed by atoms with E-state index in [2.05, 4.69) is 15.6 Å². The molecule has 178 valence electrons. The van der Waals surface area contributed by atoms with Gasteiger partial charge in [-0.3, -0.25) is 19.0 Å². The summed E-state index contributed by atoms with van der Waals surface area (Å²) < 4.78 is 1.86. The van der Waals surface area contributed by atoms with Crippen LogP contribution in [0.1, 0.15) is 29.0 Å². The number of hydrogen-bond acceptors (Lipinski definition) is 6. The SMILES string of the molecule is CC1=C(C(=O)Nc2ccccc2C)C(c2cccs2)n2c(sc(=C3C(=O)Nc4ccccc43)c2=O)=N1. The molecule has 36 heavy (non-hydrogen) atoms. The average molecular weight is 513 g/mol. The molecular weight excluding hydrogens is 492 g/mol. The average Bonchev–Trinajstić information content (AvgIpc) is 3.57. The zero-order chi connectivity index (χ0) is 25.0. The first-order chi connectivity index (χ1) is 17.4. The number of aryl methyl sites for hydroxylation is 1. The molecule has 0 saturated heterocycles. The van der Waals surface area contributed by atoms with Crippen LogP contribution >= 0.6 is 22.7 Å². The van der Waals surface area contributed by atoms with Crippen molar-refractivity contribution < 1.29 is 9.59 Å². The Hall–Kier alpha value is -4.08. The smallest absolute Gasteiger partial charge is 0.272 e. The fraction of sp³-hybridized carbons (Fsp3) is 0.111. The van der Waals surface area contributed by atoms with E-state index in [1.54, 1.807) is 11.5 Å². The van der Waals surface area contributed by atoms with Gasteiger partial charge in [-0.15, -0.1) is 11.3 Å². The van der Waals surface area contributed by atoms with Crippen LogP contribution in [0.4, 0.5) is 11.4 Å². The number of allylic oxidation sites excluding steroid dienone is 1. The summed E-state index contributed by atoms with van der Waals surface area (Å²) in [6, 6.07) is 18.0. The molecule has 6 rings (SSSR count). The molecule has 4 heterocycles. The first kappa shape index (κ1) is 22.4. The Labute approximate surface area is 213 Å². The molecule has 2 aliphatic heterocycles. The number of anilines is 2. The number of aromatic nitrogens is 1. The largest absolute Gasteiger partial charge is 0.322 e. The first-order valence-corrected chi connectivity index (χ1v) is 13.0. The minimum absolute atomic E-state index is 0.311. The van der Waals surface area contributed by atoms with Crippen LogP contribution in [0.25, 0.3) is 5.57 Å². The molecule has 9 heteroatoms. The molecule has 4 aromatic rings. The molecule has 2 aliphatic rings. The third-order valence-electron chi connectivity index (χ3n) is 6.35. The second kappa shape index (κ2) is 8.54. The highest BCUT2D eigenvalue weighted by molar-refractivity contribution is 7.10. The van der Waals surface area contributed by atoms with Crippen LogP contribution in [0, 0.1) is 6.92 Å². The van der Waals surface area contributed by atoms with Crippen LogP contribution in [-0.2, 0) is 9.59 Å². The van der Waals surface area contributed by atoms with E-state index in [0.717, 1.165) is 10.4 Å². The highest BCUT2D eigenvalue weighted by Crippen LogP contribution is 2.34. The van der Waals surface area contributed by atoms with Gasteiger partial charge in [0.25, 0.3) is 17.4 Å². The van der Waals surface area contributed by atoms with E-state index in [9.17, 15) is 14.4 Å². The lowest BCUT2D eigenvalue weighted by Crippen LogP contribution is -2.41. The monoisotopic (exact) mass is 512 g/mol. The Kier molecular flexibility index (Phi) is 5.31. The minimum Gasteiger partial charge on any atom is -0.322 e.